The van der Waals surface area contributed by atoms with E-state index in [9.17, 15) is 9.59 Å². The molecular formula is C23H30ClN3O4. The maximum atomic E-state index is 12.5. The van der Waals surface area contributed by atoms with Crippen molar-refractivity contribution in [2.24, 2.45) is 0 Å². The summed E-state index contributed by atoms with van der Waals surface area (Å²) in [6.45, 7) is 3.12. The minimum atomic E-state index is -0.149. The Morgan fingerprint density at radius 2 is 2.00 bits per heavy atom. The summed E-state index contributed by atoms with van der Waals surface area (Å²) in [6.07, 6.45) is -0.149. The summed E-state index contributed by atoms with van der Waals surface area (Å²) >= 11 is 0. The third-order valence-electron chi connectivity index (χ3n) is 5.19. The van der Waals surface area contributed by atoms with Crippen molar-refractivity contribution < 1.29 is 19.1 Å². The molecule has 168 valence electrons. The number of methoxy groups -OCH3 is 1. The molecule has 0 aliphatic carbocycles. The number of rotatable bonds is 7. The number of anilines is 1. The van der Waals surface area contributed by atoms with Gasteiger partial charge in [-0.3, -0.25) is 9.59 Å². The van der Waals surface area contributed by atoms with Crippen LogP contribution >= 0.6 is 12.4 Å². The fourth-order valence-corrected chi connectivity index (χ4v) is 3.40. The number of halogens is 1. The molecular weight excluding hydrogens is 418 g/mol. The van der Waals surface area contributed by atoms with Gasteiger partial charge in [0.05, 0.1) is 19.8 Å². The van der Waals surface area contributed by atoms with E-state index in [1.54, 1.807) is 44.3 Å². The molecule has 0 radical (unpaired) electrons. The van der Waals surface area contributed by atoms with Crippen LogP contribution in [0.15, 0.2) is 48.5 Å². The van der Waals surface area contributed by atoms with Crippen LogP contribution in [0.5, 0.6) is 5.75 Å². The zero-order chi connectivity index (χ0) is 21.7. The lowest BCUT2D eigenvalue weighted by molar-refractivity contribution is -0.129. The first-order valence-corrected chi connectivity index (χ1v) is 10.00. The molecule has 7 nitrogen and oxygen atoms in total. The quantitative estimate of drug-likeness (QED) is 0.706. The van der Waals surface area contributed by atoms with E-state index < -0.39 is 0 Å². The minimum absolute atomic E-state index is 0. The standard InChI is InChI=1S/C23H29N3O4.ClH/c1-16(17-7-6-10-20(12-17)29-4)24-13-21-14-26(22(27)15-30-21)19-9-5-8-18(11-19)23(28)25(2)3;/h5-12,16,21,24H,13-15H2,1-4H3;1H/t16-,21?;/m1./s1. The molecule has 0 bridgehead atoms. The van der Waals surface area contributed by atoms with Crippen molar-refractivity contribution in [1.82, 2.24) is 10.2 Å². The third-order valence-corrected chi connectivity index (χ3v) is 5.19. The lowest BCUT2D eigenvalue weighted by Crippen LogP contribution is -2.50. The number of morpholine rings is 1. The highest BCUT2D eigenvalue weighted by Crippen LogP contribution is 2.22. The van der Waals surface area contributed by atoms with Gasteiger partial charge in [-0.25, -0.2) is 0 Å². The molecule has 1 unspecified atom stereocenters. The van der Waals surface area contributed by atoms with Crippen molar-refractivity contribution in [3.63, 3.8) is 0 Å². The molecule has 0 spiro atoms. The summed E-state index contributed by atoms with van der Waals surface area (Å²) in [5.41, 5.74) is 2.38. The average molecular weight is 448 g/mol. The minimum Gasteiger partial charge on any atom is -0.497 e. The molecule has 2 atom stereocenters. The molecule has 1 aliphatic rings. The molecule has 2 aromatic rings. The number of ether oxygens (including phenoxy) is 2. The SMILES string of the molecule is COc1cccc([C@@H](C)NCC2CN(c3cccc(C(=O)N(C)C)c3)C(=O)CO2)c1.Cl. The number of amides is 2. The van der Waals surface area contributed by atoms with Gasteiger partial charge >= 0.3 is 0 Å². The molecule has 0 saturated carbocycles. The maximum absolute atomic E-state index is 12.5. The number of hydrogen-bond donors (Lipinski definition) is 1. The van der Waals surface area contributed by atoms with Gasteiger partial charge in [0.15, 0.2) is 0 Å². The van der Waals surface area contributed by atoms with E-state index in [2.05, 4.69) is 12.2 Å². The Balaban J connectivity index is 0.00000341. The van der Waals surface area contributed by atoms with Crippen LogP contribution in [0, 0.1) is 0 Å². The van der Waals surface area contributed by atoms with Gasteiger partial charge in [-0.15, -0.1) is 12.4 Å². The van der Waals surface area contributed by atoms with Crippen LogP contribution in [-0.2, 0) is 9.53 Å². The van der Waals surface area contributed by atoms with Gasteiger partial charge in [0, 0.05) is 37.9 Å². The van der Waals surface area contributed by atoms with Crippen molar-refractivity contribution >= 4 is 29.9 Å². The number of benzene rings is 2. The zero-order valence-electron chi connectivity index (χ0n) is 18.3. The van der Waals surface area contributed by atoms with E-state index in [-0.39, 0.29) is 43.0 Å². The second-order valence-electron chi connectivity index (χ2n) is 7.59. The van der Waals surface area contributed by atoms with Gasteiger partial charge < -0.3 is 24.6 Å². The summed E-state index contributed by atoms with van der Waals surface area (Å²) in [5, 5.41) is 3.47. The predicted octanol–water partition coefficient (Wildman–Crippen LogP) is 2.90. The monoisotopic (exact) mass is 447 g/mol. The first-order valence-electron chi connectivity index (χ1n) is 10.00. The van der Waals surface area contributed by atoms with Crippen LogP contribution in [0.2, 0.25) is 0 Å². The van der Waals surface area contributed by atoms with Crippen molar-refractivity contribution in [2.45, 2.75) is 19.1 Å². The highest BCUT2D eigenvalue weighted by molar-refractivity contribution is 5.98. The van der Waals surface area contributed by atoms with Crippen molar-refractivity contribution in [1.29, 1.82) is 0 Å². The molecule has 1 N–H and O–H groups in total. The Morgan fingerprint density at radius 3 is 2.71 bits per heavy atom. The number of nitrogens with zero attached hydrogens (tertiary/aromatic N) is 2. The van der Waals surface area contributed by atoms with Gasteiger partial charge in [0.1, 0.15) is 12.4 Å². The van der Waals surface area contributed by atoms with E-state index in [4.69, 9.17) is 9.47 Å². The summed E-state index contributed by atoms with van der Waals surface area (Å²) in [4.78, 5) is 27.9. The molecule has 31 heavy (non-hydrogen) atoms. The van der Waals surface area contributed by atoms with E-state index >= 15 is 0 Å². The predicted molar refractivity (Wildman–Crippen MR) is 123 cm³/mol. The second kappa shape index (κ2) is 11.1. The largest absolute Gasteiger partial charge is 0.497 e. The van der Waals surface area contributed by atoms with Crippen LogP contribution in [0.3, 0.4) is 0 Å². The maximum Gasteiger partial charge on any atom is 0.253 e. The number of hydrogen-bond acceptors (Lipinski definition) is 5. The van der Waals surface area contributed by atoms with Crippen LogP contribution in [0.1, 0.15) is 28.9 Å². The van der Waals surface area contributed by atoms with E-state index in [0.29, 0.717) is 24.3 Å². The lowest BCUT2D eigenvalue weighted by atomic mass is 10.1. The summed E-state index contributed by atoms with van der Waals surface area (Å²) in [6, 6.07) is 15.2. The van der Waals surface area contributed by atoms with Gasteiger partial charge in [-0.05, 0) is 42.8 Å². The van der Waals surface area contributed by atoms with Gasteiger partial charge in [0.25, 0.3) is 11.8 Å². The molecule has 2 aromatic carbocycles. The van der Waals surface area contributed by atoms with E-state index in [1.807, 2.05) is 30.3 Å². The van der Waals surface area contributed by atoms with Crippen LogP contribution in [0.4, 0.5) is 5.69 Å². The van der Waals surface area contributed by atoms with Crippen molar-refractivity contribution in [2.75, 3.05) is 45.8 Å². The molecule has 1 saturated heterocycles. The fraction of sp³-hybridized carbons (Fsp3) is 0.391. The Kier molecular flexibility index (Phi) is 8.86. The lowest BCUT2D eigenvalue weighted by Gasteiger charge is -2.33. The fourth-order valence-electron chi connectivity index (χ4n) is 3.40. The first-order chi connectivity index (χ1) is 14.4. The Bertz CT molecular complexity index is 906. The average Bonchev–Trinajstić information content (AvgIpc) is 2.77. The summed E-state index contributed by atoms with van der Waals surface area (Å²) < 4.78 is 11.0. The van der Waals surface area contributed by atoms with Crippen molar-refractivity contribution in [3.05, 3.63) is 59.7 Å². The first kappa shape index (κ1) is 24.7. The number of carbonyl (C=O) groups excluding carboxylic acids is 2. The zero-order valence-corrected chi connectivity index (χ0v) is 19.1. The van der Waals surface area contributed by atoms with Crippen LogP contribution in [0.25, 0.3) is 0 Å². The second-order valence-corrected chi connectivity index (χ2v) is 7.59. The molecule has 1 aliphatic heterocycles. The third kappa shape index (κ3) is 6.19. The van der Waals surface area contributed by atoms with E-state index in [1.165, 1.54) is 4.90 Å². The normalized spacial score (nSPS) is 17.0. The highest BCUT2D eigenvalue weighted by atomic mass is 35.5. The molecule has 1 heterocycles. The molecule has 2 amide bonds. The smallest absolute Gasteiger partial charge is 0.253 e. The summed E-state index contributed by atoms with van der Waals surface area (Å²) in [5.74, 6) is 0.614. The number of nitrogens with one attached hydrogen (secondary N) is 1. The Labute approximate surface area is 189 Å². The topological polar surface area (TPSA) is 71.1 Å². The molecule has 1 fully saturated rings. The Morgan fingerprint density at radius 1 is 1.26 bits per heavy atom. The van der Waals surface area contributed by atoms with Gasteiger partial charge in [0.2, 0.25) is 0 Å². The van der Waals surface area contributed by atoms with Crippen molar-refractivity contribution in [3.8, 4) is 5.75 Å². The summed E-state index contributed by atoms with van der Waals surface area (Å²) in [7, 11) is 5.07. The molecule has 8 heteroatoms. The Hall–Kier alpha value is -2.61. The number of carbonyl (C=O) groups is 2. The van der Waals surface area contributed by atoms with Gasteiger partial charge in [-0.1, -0.05) is 18.2 Å². The highest BCUT2D eigenvalue weighted by Gasteiger charge is 2.28. The van der Waals surface area contributed by atoms with Crippen LogP contribution < -0.4 is 15.0 Å². The van der Waals surface area contributed by atoms with Crippen LogP contribution in [-0.4, -0.2) is 63.7 Å². The molecule has 0 aromatic heterocycles. The van der Waals surface area contributed by atoms with E-state index in [0.717, 1.165) is 11.3 Å². The van der Waals surface area contributed by atoms with Gasteiger partial charge in [-0.2, -0.15) is 0 Å². The molecule has 3 rings (SSSR count).